The molecular weight excluding hydrogens is 388 g/mol. The van der Waals surface area contributed by atoms with E-state index in [1.807, 2.05) is 25.1 Å². The molecule has 3 rings (SSSR count). The lowest BCUT2D eigenvalue weighted by Crippen LogP contribution is -2.45. The minimum Gasteiger partial charge on any atom is -0.508 e. The Bertz CT molecular complexity index is 1020. The molecule has 1 unspecified atom stereocenters. The first-order chi connectivity index (χ1) is 13.9. The molecule has 2 amide bonds. The van der Waals surface area contributed by atoms with Crippen LogP contribution < -0.4 is 10.6 Å². The summed E-state index contributed by atoms with van der Waals surface area (Å²) >= 11 is 6.12. The van der Waals surface area contributed by atoms with Crippen LogP contribution in [0.15, 0.2) is 72.8 Å². The van der Waals surface area contributed by atoms with Crippen molar-refractivity contribution < 1.29 is 14.7 Å². The number of carbonyl (C=O) groups is 2. The molecule has 3 N–H and O–H groups in total. The van der Waals surface area contributed by atoms with Crippen molar-refractivity contribution in [2.45, 2.75) is 19.4 Å². The van der Waals surface area contributed by atoms with E-state index in [9.17, 15) is 14.7 Å². The average molecular weight is 409 g/mol. The number of aromatic hydroxyl groups is 1. The zero-order chi connectivity index (χ0) is 20.8. The largest absolute Gasteiger partial charge is 0.508 e. The first-order valence-electron chi connectivity index (χ1n) is 9.14. The molecule has 0 aliphatic rings. The summed E-state index contributed by atoms with van der Waals surface area (Å²) in [5.41, 5.74) is 2.70. The van der Waals surface area contributed by atoms with Crippen LogP contribution >= 0.6 is 11.6 Å². The highest BCUT2D eigenvalue weighted by Gasteiger charge is 2.23. The highest BCUT2D eigenvalue weighted by atomic mass is 35.5. The molecule has 0 bridgehead atoms. The summed E-state index contributed by atoms with van der Waals surface area (Å²) in [6, 6.07) is 19.8. The van der Waals surface area contributed by atoms with E-state index >= 15 is 0 Å². The Morgan fingerprint density at radius 2 is 1.62 bits per heavy atom. The molecule has 0 saturated heterocycles. The maximum atomic E-state index is 13.0. The van der Waals surface area contributed by atoms with Crippen molar-refractivity contribution >= 4 is 29.1 Å². The Balaban J connectivity index is 1.83. The number of benzene rings is 3. The van der Waals surface area contributed by atoms with Crippen LogP contribution in [-0.2, 0) is 11.2 Å². The van der Waals surface area contributed by atoms with Gasteiger partial charge in [0, 0.05) is 12.1 Å². The molecule has 0 aliphatic carbocycles. The quantitative estimate of drug-likeness (QED) is 0.568. The fraction of sp³-hybridized carbons (Fsp3) is 0.130. The second-order valence-corrected chi connectivity index (χ2v) is 7.09. The number of amides is 2. The Hall–Kier alpha value is -3.31. The van der Waals surface area contributed by atoms with E-state index in [1.54, 1.807) is 54.6 Å². The number of phenols is 1. The standard InChI is InChI=1S/C23H21ClN2O3/c1-15-6-2-5-9-20(15)25-23(29)21(14-16-10-12-17(27)13-11-16)26-22(28)18-7-3-4-8-19(18)24/h2-13,21,27H,14H2,1H3,(H,25,29)(H,26,28). The van der Waals surface area contributed by atoms with Gasteiger partial charge in [0.2, 0.25) is 5.91 Å². The minimum absolute atomic E-state index is 0.134. The van der Waals surface area contributed by atoms with Crippen molar-refractivity contribution in [3.63, 3.8) is 0 Å². The topological polar surface area (TPSA) is 78.4 Å². The number of aryl methyl sites for hydroxylation is 1. The number of hydrogen-bond acceptors (Lipinski definition) is 3. The molecular formula is C23H21ClN2O3. The van der Waals surface area contributed by atoms with Crippen LogP contribution in [0.2, 0.25) is 5.02 Å². The predicted molar refractivity (Wildman–Crippen MR) is 114 cm³/mol. The lowest BCUT2D eigenvalue weighted by atomic mass is 10.0. The van der Waals surface area contributed by atoms with Gasteiger partial charge < -0.3 is 15.7 Å². The Morgan fingerprint density at radius 3 is 2.31 bits per heavy atom. The summed E-state index contributed by atoms with van der Waals surface area (Å²) in [7, 11) is 0. The fourth-order valence-electron chi connectivity index (χ4n) is 2.89. The van der Waals surface area contributed by atoms with E-state index in [-0.39, 0.29) is 18.1 Å². The van der Waals surface area contributed by atoms with E-state index in [2.05, 4.69) is 10.6 Å². The zero-order valence-electron chi connectivity index (χ0n) is 15.9. The molecule has 0 spiro atoms. The van der Waals surface area contributed by atoms with Crippen molar-refractivity contribution in [1.82, 2.24) is 5.32 Å². The third-order valence-corrected chi connectivity index (χ3v) is 4.85. The molecule has 148 valence electrons. The molecule has 6 heteroatoms. The van der Waals surface area contributed by atoms with Crippen LogP contribution in [0.1, 0.15) is 21.5 Å². The van der Waals surface area contributed by atoms with Crippen LogP contribution in [0.4, 0.5) is 5.69 Å². The monoisotopic (exact) mass is 408 g/mol. The van der Waals surface area contributed by atoms with Gasteiger partial charge >= 0.3 is 0 Å². The van der Waals surface area contributed by atoms with E-state index in [0.717, 1.165) is 11.1 Å². The van der Waals surface area contributed by atoms with Crippen molar-refractivity contribution in [3.05, 3.63) is 94.5 Å². The van der Waals surface area contributed by atoms with Gasteiger partial charge in [0.25, 0.3) is 5.91 Å². The van der Waals surface area contributed by atoms with Crippen LogP contribution in [0.3, 0.4) is 0 Å². The number of halogens is 1. The van der Waals surface area contributed by atoms with Gasteiger partial charge in [-0.15, -0.1) is 0 Å². The summed E-state index contributed by atoms with van der Waals surface area (Å²) in [6.45, 7) is 1.90. The summed E-state index contributed by atoms with van der Waals surface area (Å²) in [5, 5.41) is 15.5. The lowest BCUT2D eigenvalue weighted by Gasteiger charge is -2.20. The van der Waals surface area contributed by atoms with E-state index < -0.39 is 11.9 Å². The van der Waals surface area contributed by atoms with Gasteiger partial charge in [-0.05, 0) is 48.4 Å². The van der Waals surface area contributed by atoms with Crippen molar-refractivity contribution in [1.29, 1.82) is 0 Å². The Kier molecular flexibility index (Phi) is 6.52. The molecule has 0 aromatic heterocycles. The van der Waals surface area contributed by atoms with Gasteiger partial charge in [-0.25, -0.2) is 0 Å². The van der Waals surface area contributed by atoms with Crippen LogP contribution in [0, 0.1) is 6.92 Å². The fourth-order valence-corrected chi connectivity index (χ4v) is 3.11. The number of phenolic OH excluding ortho intramolecular Hbond substituents is 1. The van der Waals surface area contributed by atoms with Crippen molar-refractivity contribution in [2.24, 2.45) is 0 Å². The Labute approximate surface area is 174 Å². The SMILES string of the molecule is Cc1ccccc1NC(=O)C(Cc1ccc(O)cc1)NC(=O)c1ccccc1Cl. The van der Waals surface area contributed by atoms with Crippen molar-refractivity contribution in [3.8, 4) is 5.75 Å². The normalized spacial score (nSPS) is 11.5. The summed E-state index contributed by atoms with van der Waals surface area (Å²) in [4.78, 5) is 25.7. The molecule has 0 heterocycles. The number of carbonyl (C=O) groups excluding carboxylic acids is 2. The number of para-hydroxylation sites is 1. The number of rotatable bonds is 6. The maximum Gasteiger partial charge on any atom is 0.253 e. The predicted octanol–water partition coefficient (Wildman–Crippen LogP) is 4.33. The van der Waals surface area contributed by atoms with Crippen LogP contribution in [0.25, 0.3) is 0 Å². The maximum absolute atomic E-state index is 13.0. The molecule has 0 aliphatic heterocycles. The van der Waals surface area contributed by atoms with Gasteiger partial charge in [-0.2, -0.15) is 0 Å². The van der Waals surface area contributed by atoms with E-state index in [4.69, 9.17) is 11.6 Å². The summed E-state index contributed by atoms with van der Waals surface area (Å²) in [5.74, 6) is -0.637. The van der Waals surface area contributed by atoms with Crippen LogP contribution in [-0.4, -0.2) is 23.0 Å². The molecule has 1 atom stereocenters. The second kappa shape index (κ2) is 9.26. The van der Waals surface area contributed by atoms with E-state index in [0.29, 0.717) is 16.3 Å². The number of hydrogen-bond donors (Lipinski definition) is 3. The van der Waals surface area contributed by atoms with Crippen molar-refractivity contribution in [2.75, 3.05) is 5.32 Å². The van der Waals surface area contributed by atoms with Gasteiger partial charge in [-0.1, -0.05) is 54.1 Å². The average Bonchev–Trinajstić information content (AvgIpc) is 2.71. The molecule has 0 saturated carbocycles. The minimum atomic E-state index is -0.831. The smallest absolute Gasteiger partial charge is 0.253 e. The Morgan fingerprint density at radius 1 is 0.966 bits per heavy atom. The first kappa shape index (κ1) is 20.4. The molecule has 0 fully saturated rings. The molecule has 3 aromatic carbocycles. The van der Waals surface area contributed by atoms with Gasteiger partial charge in [0.15, 0.2) is 0 Å². The summed E-state index contributed by atoms with van der Waals surface area (Å²) in [6.07, 6.45) is 0.258. The molecule has 5 nitrogen and oxygen atoms in total. The van der Waals surface area contributed by atoms with Gasteiger partial charge in [0.05, 0.1) is 10.6 Å². The third-order valence-electron chi connectivity index (χ3n) is 4.52. The molecule has 3 aromatic rings. The van der Waals surface area contributed by atoms with E-state index in [1.165, 1.54) is 0 Å². The zero-order valence-corrected chi connectivity index (χ0v) is 16.6. The van der Waals surface area contributed by atoms with Gasteiger partial charge in [-0.3, -0.25) is 9.59 Å². The number of anilines is 1. The van der Waals surface area contributed by atoms with Gasteiger partial charge in [0.1, 0.15) is 11.8 Å². The highest BCUT2D eigenvalue weighted by molar-refractivity contribution is 6.33. The van der Waals surface area contributed by atoms with Crippen LogP contribution in [0.5, 0.6) is 5.75 Å². The second-order valence-electron chi connectivity index (χ2n) is 6.68. The third kappa shape index (κ3) is 5.36. The lowest BCUT2D eigenvalue weighted by molar-refractivity contribution is -0.118. The molecule has 29 heavy (non-hydrogen) atoms. The highest BCUT2D eigenvalue weighted by Crippen LogP contribution is 2.18. The first-order valence-corrected chi connectivity index (χ1v) is 9.51. The number of nitrogens with one attached hydrogen (secondary N) is 2. The molecule has 0 radical (unpaired) electrons. The summed E-state index contributed by atoms with van der Waals surface area (Å²) < 4.78 is 0.